The number of esters is 2. The maximum absolute atomic E-state index is 12.8. The van der Waals surface area contributed by atoms with E-state index in [1.165, 1.54) is 0 Å². The molecule has 0 saturated heterocycles. The lowest BCUT2D eigenvalue weighted by Crippen LogP contribution is -2.64. The van der Waals surface area contributed by atoms with Crippen molar-refractivity contribution in [2.24, 2.45) is 5.92 Å². The van der Waals surface area contributed by atoms with Crippen LogP contribution in [0.4, 0.5) is 5.69 Å². The highest BCUT2D eigenvalue weighted by Gasteiger charge is 2.55. The molecular weight excluding hydrogens is 320 g/mol. The fraction of sp³-hybridized carbons (Fsp3) is 0.474. The molecule has 6 nitrogen and oxygen atoms in total. The lowest BCUT2D eigenvalue weighted by Gasteiger charge is -2.51. The second-order valence-electron chi connectivity index (χ2n) is 6.51. The molecule has 134 valence electrons. The van der Waals surface area contributed by atoms with E-state index in [-0.39, 0.29) is 19.2 Å². The van der Waals surface area contributed by atoms with Crippen molar-refractivity contribution in [2.45, 2.75) is 39.3 Å². The normalized spacial score (nSPS) is 26.9. The molecule has 0 saturated carbocycles. The number of para-hydroxylation sites is 1. The van der Waals surface area contributed by atoms with Gasteiger partial charge in [-0.05, 0) is 39.3 Å². The average molecular weight is 344 g/mol. The molecule has 0 aliphatic carbocycles. The van der Waals surface area contributed by atoms with Crippen LogP contribution in [0.3, 0.4) is 0 Å². The van der Waals surface area contributed by atoms with Crippen LogP contribution in [0, 0.1) is 5.92 Å². The number of fused-ring (bicyclic) bond motifs is 4. The summed E-state index contributed by atoms with van der Waals surface area (Å²) >= 11 is 0. The minimum absolute atomic E-state index is 0.281. The van der Waals surface area contributed by atoms with Gasteiger partial charge in [-0.2, -0.15) is 0 Å². The van der Waals surface area contributed by atoms with Crippen molar-refractivity contribution >= 4 is 17.6 Å². The monoisotopic (exact) mass is 344 g/mol. The van der Waals surface area contributed by atoms with Gasteiger partial charge >= 0.3 is 11.9 Å². The molecule has 3 rings (SSSR count). The van der Waals surface area contributed by atoms with E-state index in [1.54, 1.807) is 13.8 Å². The smallest absolute Gasteiger partial charge is 0.336 e. The minimum atomic E-state index is -0.745. The number of anilines is 1. The van der Waals surface area contributed by atoms with Gasteiger partial charge in [0.15, 0.2) is 0 Å². The number of ether oxygens (including phenoxy) is 2. The Labute approximate surface area is 147 Å². The maximum atomic E-state index is 12.8. The van der Waals surface area contributed by atoms with Crippen LogP contribution in [0.25, 0.3) is 0 Å². The summed E-state index contributed by atoms with van der Waals surface area (Å²) in [5.41, 5.74) is 2.27. The third kappa shape index (κ3) is 2.75. The van der Waals surface area contributed by atoms with Gasteiger partial charge in [-0.25, -0.2) is 4.79 Å². The number of rotatable bonds is 4. The van der Waals surface area contributed by atoms with Gasteiger partial charge in [0.1, 0.15) is 11.6 Å². The van der Waals surface area contributed by atoms with Crippen LogP contribution in [-0.4, -0.2) is 30.8 Å². The Morgan fingerprint density at radius 3 is 2.48 bits per heavy atom. The van der Waals surface area contributed by atoms with Crippen molar-refractivity contribution in [2.75, 3.05) is 18.5 Å². The van der Waals surface area contributed by atoms with E-state index in [2.05, 4.69) is 10.6 Å². The second kappa shape index (κ2) is 6.43. The number of nitrogens with one attached hydrogen (secondary N) is 2. The van der Waals surface area contributed by atoms with Crippen molar-refractivity contribution in [1.29, 1.82) is 0 Å². The first kappa shape index (κ1) is 17.3. The molecule has 0 spiro atoms. The topological polar surface area (TPSA) is 76.7 Å². The molecule has 2 aliphatic heterocycles. The van der Waals surface area contributed by atoms with E-state index in [0.29, 0.717) is 11.3 Å². The van der Waals surface area contributed by atoms with Crippen LogP contribution in [0.15, 0.2) is 35.5 Å². The van der Waals surface area contributed by atoms with Crippen molar-refractivity contribution in [3.63, 3.8) is 0 Å². The third-order valence-corrected chi connectivity index (χ3v) is 4.84. The van der Waals surface area contributed by atoms with E-state index in [9.17, 15) is 9.59 Å². The first-order valence-corrected chi connectivity index (χ1v) is 8.62. The van der Waals surface area contributed by atoms with Crippen molar-refractivity contribution in [3.05, 3.63) is 41.1 Å². The Bertz CT molecular complexity index is 743. The number of allylic oxidation sites excluding steroid dienone is 1. The molecule has 1 aromatic carbocycles. The number of carbonyl (C=O) groups excluding carboxylic acids is 2. The molecule has 0 amide bonds. The fourth-order valence-corrected chi connectivity index (χ4v) is 3.97. The number of benzene rings is 1. The second-order valence-corrected chi connectivity index (χ2v) is 6.51. The molecule has 6 heteroatoms. The first-order valence-electron chi connectivity index (χ1n) is 8.62. The standard InChI is InChI=1S/C19H24N2O4/c1-5-24-17(22)14-11(3)20-19(4)16(18(23)25-6-2)15(14)12-9-7-8-10-13(12)21-19/h7-10,15-16,20-21H,5-6H2,1-4H3. The van der Waals surface area contributed by atoms with Gasteiger partial charge in [0.05, 0.1) is 18.8 Å². The quantitative estimate of drug-likeness (QED) is 0.818. The molecule has 0 radical (unpaired) electrons. The molecule has 2 aliphatic rings. The Morgan fingerprint density at radius 1 is 1.12 bits per heavy atom. The Kier molecular flexibility index (Phi) is 4.45. The fourth-order valence-electron chi connectivity index (χ4n) is 3.97. The Balaban J connectivity index is 2.19. The molecule has 1 aromatic rings. The number of carbonyl (C=O) groups is 2. The van der Waals surface area contributed by atoms with Crippen LogP contribution in [0.1, 0.15) is 39.2 Å². The molecule has 2 heterocycles. The van der Waals surface area contributed by atoms with Gasteiger partial charge in [-0.15, -0.1) is 0 Å². The summed E-state index contributed by atoms with van der Waals surface area (Å²) in [6.07, 6.45) is 0. The van der Waals surface area contributed by atoms with Crippen LogP contribution < -0.4 is 10.6 Å². The van der Waals surface area contributed by atoms with Gasteiger partial charge in [0.2, 0.25) is 0 Å². The largest absolute Gasteiger partial charge is 0.466 e. The number of hydrogen-bond donors (Lipinski definition) is 2. The van der Waals surface area contributed by atoms with Crippen LogP contribution in [-0.2, 0) is 19.1 Å². The van der Waals surface area contributed by atoms with Crippen molar-refractivity contribution in [1.82, 2.24) is 5.32 Å². The van der Waals surface area contributed by atoms with E-state index in [4.69, 9.17) is 9.47 Å². The van der Waals surface area contributed by atoms with Crippen molar-refractivity contribution in [3.8, 4) is 0 Å². The average Bonchev–Trinajstić information content (AvgIpc) is 2.54. The molecule has 2 bridgehead atoms. The van der Waals surface area contributed by atoms with Crippen LogP contribution in [0.5, 0.6) is 0 Å². The van der Waals surface area contributed by atoms with E-state index >= 15 is 0 Å². The highest BCUT2D eigenvalue weighted by atomic mass is 16.5. The number of hydrogen-bond acceptors (Lipinski definition) is 6. The summed E-state index contributed by atoms with van der Waals surface area (Å²) in [7, 11) is 0. The van der Waals surface area contributed by atoms with Crippen molar-refractivity contribution < 1.29 is 19.1 Å². The van der Waals surface area contributed by atoms with E-state index in [1.807, 2.05) is 38.1 Å². The van der Waals surface area contributed by atoms with Crippen LogP contribution in [0.2, 0.25) is 0 Å². The van der Waals surface area contributed by atoms with E-state index in [0.717, 1.165) is 11.3 Å². The Morgan fingerprint density at radius 2 is 1.80 bits per heavy atom. The summed E-state index contributed by atoms with van der Waals surface area (Å²) in [5.74, 6) is -1.73. The predicted molar refractivity (Wildman–Crippen MR) is 93.8 cm³/mol. The highest BCUT2D eigenvalue weighted by Crippen LogP contribution is 2.50. The molecule has 0 fully saturated rings. The van der Waals surface area contributed by atoms with Gasteiger partial charge in [0.25, 0.3) is 0 Å². The van der Waals surface area contributed by atoms with Gasteiger partial charge in [-0.1, -0.05) is 18.2 Å². The van der Waals surface area contributed by atoms with E-state index < -0.39 is 23.5 Å². The Hall–Kier alpha value is -2.50. The molecule has 3 unspecified atom stereocenters. The maximum Gasteiger partial charge on any atom is 0.336 e. The lowest BCUT2D eigenvalue weighted by molar-refractivity contribution is -0.152. The molecule has 2 N–H and O–H groups in total. The van der Waals surface area contributed by atoms with Gasteiger partial charge in [0, 0.05) is 17.3 Å². The summed E-state index contributed by atoms with van der Waals surface area (Å²) < 4.78 is 10.6. The minimum Gasteiger partial charge on any atom is -0.466 e. The zero-order valence-electron chi connectivity index (χ0n) is 15.0. The van der Waals surface area contributed by atoms with Crippen LogP contribution >= 0.6 is 0 Å². The lowest BCUT2D eigenvalue weighted by atomic mass is 9.68. The summed E-state index contributed by atoms with van der Waals surface area (Å²) in [6, 6.07) is 7.73. The zero-order valence-corrected chi connectivity index (χ0v) is 15.0. The third-order valence-electron chi connectivity index (χ3n) is 4.84. The zero-order chi connectivity index (χ0) is 18.2. The molecule has 0 aromatic heterocycles. The van der Waals surface area contributed by atoms with Gasteiger partial charge < -0.3 is 20.1 Å². The highest BCUT2D eigenvalue weighted by molar-refractivity contribution is 5.95. The molecular formula is C19H24N2O4. The molecule has 25 heavy (non-hydrogen) atoms. The SMILES string of the molecule is CCOC(=O)C1=C(C)NC2(C)Nc3ccccc3C1C2C(=O)OCC. The first-order chi connectivity index (χ1) is 11.9. The summed E-state index contributed by atoms with van der Waals surface area (Å²) in [5, 5.41) is 6.73. The predicted octanol–water partition coefficient (Wildman–Crippen LogP) is 2.53. The van der Waals surface area contributed by atoms with Gasteiger partial charge in [-0.3, -0.25) is 4.79 Å². The molecule has 3 atom stereocenters. The summed E-state index contributed by atoms with van der Waals surface area (Å²) in [4.78, 5) is 25.4. The summed E-state index contributed by atoms with van der Waals surface area (Å²) in [6.45, 7) is 7.88.